The third-order valence-electron chi connectivity index (χ3n) is 2.81. The number of hydrogen-bond acceptors (Lipinski definition) is 5. The second-order valence-electron chi connectivity index (χ2n) is 4.27. The van der Waals surface area contributed by atoms with Gasteiger partial charge in [0.25, 0.3) is 0 Å². The SMILES string of the molecule is C1COC(Cc2noc(NC3CC3)n2)C1. The summed E-state index contributed by atoms with van der Waals surface area (Å²) in [5.41, 5.74) is 0. The molecule has 0 bridgehead atoms. The highest BCUT2D eigenvalue weighted by Crippen LogP contribution is 2.24. The van der Waals surface area contributed by atoms with Gasteiger partial charge < -0.3 is 14.6 Å². The van der Waals surface area contributed by atoms with E-state index in [1.807, 2.05) is 0 Å². The highest BCUT2D eigenvalue weighted by molar-refractivity contribution is 5.23. The highest BCUT2D eigenvalue weighted by atomic mass is 16.5. The summed E-state index contributed by atoms with van der Waals surface area (Å²) in [6, 6.07) is 1.12. The van der Waals surface area contributed by atoms with Crippen molar-refractivity contribution >= 4 is 6.01 Å². The summed E-state index contributed by atoms with van der Waals surface area (Å²) in [6.07, 6.45) is 5.75. The molecule has 2 fully saturated rings. The summed E-state index contributed by atoms with van der Waals surface area (Å²) in [6.45, 7) is 0.871. The van der Waals surface area contributed by atoms with Crippen molar-refractivity contribution in [1.82, 2.24) is 10.1 Å². The minimum Gasteiger partial charge on any atom is -0.378 e. The zero-order chi connectivity index (χ0) is 10.1. The highest BCUT2D eigenvalue weighted by Gasteiger charge is 2.24. The predicted molar refractivity (Wildman–Crippen MR) is 53.6 cm³/mol. The average Bonchev–Trinajstić information content (AvgIpc) is 2.74. The first-order chi connectivity index (χ1) is 7.40. The first-order valence-electron chi connectivity index (χ1n) is 5.61. The molecule has 0 radical (unpaired) electrons. The van der Waals surface area contributed by atoms with Crippen LogP contribution in [-0.4, -0.2) is 28.9 Å². The van der Waals surface area contributed by atoms with E-state index in [9.17, 15) is 0 Å². The van der Waals surface area contributed by atoms with Gasteiger partial charge in [-0.15, -0.1) is 0 Å². The van der Waals surface area contributed by atoms with E-state index in [2.05, 4.69) is 15.5 Å². The molecule has 1 unspecified atom stereocenters. The van der Waals surface area contributed by atoms with Crippen LogP contribution in [-0.2, 0) is 11.2 Å². The number of hydrogen-bond donors (Lipinski definition) is 1. The molecule has 0 aromatic carbocycles. The fraction of sp³-hybridized carbons (Fsp3) is 0.800. The van der Waals surface area contributed by atoms with Crippen molar-refractivity contribution in [2.24, 2.45) is 0 Å². The molecule has 1 saturated heterocycles. The fourth-order valence-corrected chi connectivity index (χ4v) is 1.81. The summed E-state index contributed by atoms with van der Waals surface area (Å²) in [5.74, 6) is 0.755. The molecule has 1 aromatic heterocycles. The molecule has 3 rings (SSSR count). The van der Waals surface area contributed by atoms with Crippen LogP contribution in [0, 0.1) is 0 Å². The Hall–Kier alpha value is -1.10. The van der Waals surface area contributed by atoms with Crippen molar-refractivity contribution in [3.8, 4) is 0 Å². The Labute approximate surface area is 88.2 Å². The van der Waals surface area contributed by atoms with E-state index in [1.54, 1.807) is 0 Å². The van der Waals surface area contributed by atoms with E-state index in [0.29, 0.717) is 12.1 Å². The van der Waals surface area contributed by atoms with Crippen molar-refractivity contribution in [3.63, 3.8) is 0 Å². The minimum atomic E-state index is 0.288. The van der Waals surface area contributed by atoms with Gasteiger partial charge in [0, 0.05) is 19.1 Å². The van der Waals surface area contributed by atoms with Crippen LogP contribution in [0.5, 0.6) is 0 Å². The molecule has 15 heavy (non-hydrogen) atoms. The first kappa shape index (κ1) is 9.15. The van der Waals surface area contributed by atoms with E-state index in [1.165, 1.54) is 12.8 Å². The van der Waals surface area contributed by atoms with Crippen LogP contribution in [0.1, 0.15) is 31.5 Å². The van der Waals surface area contributed by atoms with Gasteiger partial charge >= 0.3 is 6.01 Å². The molecular weight excluding hydrogens is 194 g/mol. The lowest BCUT2D eigenvalue weighted by molar-refractivity contribution is 0.109. The molecule has 82 valence electrons. The van der Waals surface area contributed by atoms with Crippen LogP contribution >= 0.6 is 0 Å². The quantitative estimate of drug-likeness (QED) is 0.811. The Morgan fingerprint density at radius 1 is 1.33 bits per heavy atom. The van der Waals surface area contributed by atoms with Gasteiger partial charge in [-0.05, 0) is 25.7 Å². The largest absolute Gasteiger partial charge is 0.378 e. The Morgan fingerprint density at radius 3 is 3.00 bits per heavy atom. The van der Waals surface area contributed by atoms with Gasteiger partial charge in [-0.25, -0.2) is 0 Å². The maximum Gasteiger partial charge on any atom is 0.321 e. The lowest BCUT2D eigenvalue weighted by atomic mass is 10.2. The molecule has 0 spiro atoms. The molecule has 2 aliphatic rings. The first-order valence-corrected chi connectivity index (χ1v) is 5.61. The summed E-state index contributed by atoms with van der Waals surface area (Å²) in [4.78, 5) is 4.28. The van der Waals surface area contributed by atoms with Gasteiger partial charge in [-0.3, -0.25) is 0 Å². The normalized spacial score (nSPS) is 25.7. The van der Waals surface area contributed by atoms with E-state index in [-0.39, 0.29) is 6.10 Å². The summed E-state index contributed by atoms with van der Waals surface area (Å²) in [5, 5.41) is 7.11. The molecule has 0 amide bonds. The monoisotopic (exact) mass is 209 g/mol. The minimum absolute atomic E-state index is 0.288. The number of ether oxygens (including phenoxy) is 1. The number of rotatable bonds is 4. The van der Waals surface area contributed by atoms with Crippen molar-refractivity contribution in [2.75, 3.05) is 11.9 Å². The number of aromatic nitrogens is 2. The van der Waals surface area contributed by atoms with Crippen LogP contribution < -0.4 is 5.32 Å². The molecule has 5 nitrogen and oxygen atoms in total. The number of nitrogens with zero attached hydrogens (tertiary/aromatic N) is 2. The molecule has 1 atom stereocenters. The third kappa shape index (κ3) is 2.28. The Kier molecular flexibility index (Phi) is 2.32. The molecule has 1 aromatic rings. The van der Waals surface area contributed by atoms with Gasteiger partial charge in [0.15, 0.2) is 5.82 Å². The zero-order valence-electron chi connectivity index (χ0n) is 8.61. The predicted octanol–water partition coefficient (Wildman–Crippen LogP) is 1.37. The fourth-order valence-electron chi connectivity index (χ4n) is 1.81. The molecule has 1 aliphatic carbocycles. The second-order valence-corrected chi connectivity index (χ2v) is 4.27. The van der Waals surface area contributed by atoms with E-state index < -0.39 is 0 Å². The maximum atomic E-state index is 5.52. The van der Waals surface area contributed by atoms with Crippen molar-refractivity contribution in [1.29, 1.82) is 0 Å². The third-order valence-corrected chi connectivity index (χ3v) is 2.81. The van der Waals surface area contributed by atoms with Gasteiger partial charge in [0.2, 0.25) is 0 Å². The topological polar surface area (TPSA) is 60.2 Å². The second kappa shape index (κ2) is 3.81. The van der Waals surface area contributed by atoms with Gasteiger partial charge in [0.05, 0.1) is 6.10 Å². The number of nitrogens with one attached hydrogen (secondary N) is 1. The molecule has 1 saturated carbocycles. The molecule has 1 N–H and O–H groups in total. The van der Waals surface area contributed by atoms with Crippen molar-refractivity contribution in [2.45, 2.75) is 44.2 Å². The smallest absolute Gasteiger partial charge is 0.321 e. The lowest BCUT2D eigenvalue weighted by Gasteiger charge is -2.03. The van der Waals surface area contributed by atoms with Gasteiger partial charge in [0.1, 0.15) is 0 Å². The maximum absolute atomic E-state index is 5.52. The van der Waals surface area contributed by atoms with E-state index in [4.69, 9.17) is 9.26 Å². The van der Waals surface area contributed by atoms with Gasteiger partial charge in [-0.1, -0.05) is 5.16 Å². The van der Waals surface area contributed by atoms with E-state index >= 15 is 0 Å². The molecular formula is C10H15N3O2. The lowest BCUT2D eigenvalue weighted by Crippen LogP contribution is -2.10. The summed E-state index contributed by atoms with van der Waals surface area (Å²) >= 11 is 0. The molecule has 1 aliphatic heterocycles. The van der Waals surface area contributed by atoms with Crippen LogP contribution in [0.15, 0.2) is 4.52 Å². The molecule has 2 heterocycles. The van der Waals surface area contributed by atoms with Crippen LogP contribution in [0.3, 0.4) is 0 Å². The van der Waals surface area contributed by atoms with Crippen LogP contribution in [0.4, 0.5) is 6.01 Å². The summed E-state index contributed by atoms with van der Waals surface area (Å²) in [7, 11) is 0. The number of anilines is 1. The van der Waals surface area contributed by atoms with Crippen molar-refractivity contribution < 1.29 is 9.26 Å². The molecule has 5 heteroatoms. The van der Waals surface area contributed by atoms with E-state index in [0.717, 1.165) is 31.7 Å². The Bertz CT molecular complexity index is 329. The van der Waals surface area contributed by atoms with Gasteiger partial charge in [-0.2, -0.15) is 4.98 Å². The Balaban J connectivity index is 1.57. The average molecular weight is 209 g/mol. The van der Waals surface area contributed by atoms with Crippen molar-refractivity contribution in [3.05, 3.63) is 5.82 Å². The Morgan fingerprint density at radius 2 is 2.27 bits per heavy atom. The standard InChI is InChI=1S/C10H15N3O2/c1-2-8(14-5-1)6-9-12-10(15-13-9)11-7-3-4-7/h7-8H,1-6H2,(H,11,12,13). The zero-order valence-corrected chi connectivity index (χ0v) is 8.61. The summed E-state index contributed by atoms with van der Waals surface area (Å²) < 4.78 is 10.6. The van der Waals surface area contributed by atoms with Crippen LogP contribution in [0.2, 0.25) is 0 Å². The van der Waals surface area contributed by atoms with Crippen LogP contribution in [0.25, 0.3) is 0 Å².